The predicted molar refractivity (Wildman–Crippen MR) is 80.1 cm³/mol. The van der Waals surface area contributed by atoms with Gasteiger partial charge in [0.25, 0.3) is 0 Å². The van der Waals surface area contributed by atoms with Gasteiger partial charge in [-0.1, -0.05) is 19.1 Å². The molecule has 1 aliphatic heterocycles. The highest BCUT2D eigenvalue weighted by atomic mass is 16.5. The molecule has 4 heteroatoms. The van der Waals surface area contributed by atoms with E-state index in [1.807, 2.05) is 29.2 Å². The molecule has 1 N–H and O–H groups in total. The molecule has 0 aliphatic carbocycles. The summed E-state index contributed by atoms with van der Waals surface area (Å²) in [5.41, 5.74) is 1.07. The second kappa shape index (κ2) is 6.75. The lowest BCUT2D eigenvalue weighted by atomic mass is 9.94. The van der Waals surface area contributed by atoms with E-state index in [4.69, 9.17) is 4.74 Å². The van der Waals surface area contributed by atoms with Gasteiger partial charge in [-0.15, -0.1) is 0 Å². The third kappa shape index (κ3) is 3.31. The van der Waals surface area contributed by atoms with Crippen molar-refractivity contribution in [1.29, 1.82) is 0 Å². The van der Waals surface area contributed by atoms with Gasteiger partial charge < -0.3 is 15.0 Å². The molecular weight excluding hydrogens is 252 g/mol. The highest BCUT2D eigenvalue weighted by Crippen LogP contribution is 2.24. The van der Waals surface area contributed by atoms with E-state index in [2.05, 4.69) is 19.2 Å². The van der Waals surface area contributed by atoms with Crippen molar-refractivity contribution < 1.29 is 9.53 Å². The van der Waals surface area contributed by atoms with Crippen molar-refractivity contribution >= 4 is 5.91 Å². The van der Waals surface area contributed by atoms with E-state index in [9.17, 15) is 4.79 Å². The van der Waals surface area contributed by atoms with Crippen LogP contribution in [0.5, 0.6) is 5.75 Å². The maximum Gasteiger partial charge on any atom is 0.230 e. The van der Waals surface area contributed by atoms with Crippen LogP contribution in [0.1, 0.15) is 31.7 Å². The summed E-state index contributed by atoms with van der Waals surface area (Å²) in [7, 11) is 1.65. The molecule has 1 aliphatic rings. The third-order valence-corrected chi connectivity index (χ3v) is 3.90. The minimum atomic E-state index is -0.0498. The standard InChI is InChI=1S/C16H24N2O2/c1-4-15(13-5-7-14(20-3)8-6-13)16(19)18-10-9-17-12(2)11-18/h5-8,12,15,17H,4,9-11H2,1-3H3/t12-,15?/m1/s1. The Balaban J connectivity index is 2.11. The Bertz CT molecular complexity index is 444. The monoisotopic (exact) mass is 276 g/mol. The van der Waals surface area contributed by atoms with E-state index in [-0.39, 0.29) is 11.8 Å². The Morgan fingerprint density at radius 2 is 2.15 bits per heavy atom. The molecule has 0 aromatic heterocycles. The lowest BCUT2D eigenvalue weighted by Gasteiger charge is -2.34. The Kier molecular flexibility index (Phi) is 5.01. The first-order chi connectivity index (χ1) is 9.65. The molecule has 0 spiro atoms. The zero-order chi connectivity index (χ0) is 14.5. The van der Waals surface area contributed by atoms with Gasteiger partial charge in [0.05, 0.1) is 13.0 Å². The van der Waals surface area contributed by atoms with Gasteiger partial charge in [0.2, 0.25) is 5.91 Å². The number of hydrogen-bond acceptors (Lipinski definition) is 3. The number of nitrogens with one attached hydrogen (secondary N) is 1. The van der Waals surface area contributed by atoms with Gasteiger partial charge in [0, 0.05) is 25.7 Å². The van der Waals surface area contributed by atoms with Crippen molar-refractivity contribution in [2.45, 2.75) is 32.2 Å². The molecule has 0 bridgehead atoms. The zero-order valence-electron chi connectivity index (χ0n) is 12.6. The summed E-state index contributed by atoms with van der Waals surface area (Å²) in [6, 6.07) is 8.21. The minimum Gasteiger partial charge on any atom is -0.497 e. The minimum absolute atomic E-state index is 0.0498. The van der Waals surface area contributed by atoms with Crippen molar-refractivity contribution in [2.75, 3.05) is 26.7 Å². The van der Waals surface area contributed by atoms with Crippen molar-refractivity contribution in [3.05, 3.63) is 29.8 Å². The first kappa shape index (κ1) is 14.9. The summed E-state index contributed by atoms with van der Waals surface area (Å²) in [6.07, 6.45) is 0.823. The van der Waals surface area contributed by atoms with Gasteiger partial charge >= 0.3 is 0 Å². The molecule has 2 atom stereocenters. The summed E-state index contributed by atoms with van der Waals surface area (Å²) in [6.45, 7) is 6.67. The number of piperazine rings is 1. The van der Waals surface area contributed by atoms with E-state index >= 15 is 0 Å². The number of benzene rings is 1. The summed E-state index contributed by atoms with van der Waals surface area (Å²) in [5.74, 6) is 1.02. The van der Waals surface area contributed by atoms with E-state index in [0.717, 1.165) is 37.4 Å². The first-order valence-electron chi connectivity index (χ1n) is 7.31. The van der Waals surface area contributed by atoms with Crippen LogP contribution in [0.3, 0.4) is 0 Å². The van der Waals surface area contributed by atoms with Crippen LogP contribution in [-0.4, -0.2) is 43.6 Å². The lowest BCUT2D eigenvalue weighted by Crippen LogP contribution is -2.52. The number of carbonyl (C=O) groups is 1. The quantitative estimate of drug-likeness (QED) is 0.914. The molecule has 4 nitrogen and oxygen atoms in total. The summed E-state index contributed by atoms with van der Waals surface area (Å²) in [5, 5.41) is 3.37. The maximum atomic E-state index is 12.7. The molecule has 1 amide bonds. The Morgan fingerprint density at radius 3 is 2.70 bits per heavy atom. The number of methoxy groups -OCH3 is 1. The van der Waals surface area contributed by atoms with Crippen LogP contribution in [0.25, 0.3) is 0 Å². The molecule has 1 heterocycles. The van der Waals surface area contributed by atoms with Crippen LogP contribution >= 0.6 is 0 Å². The average Bonchev–Trinajstić information content (AvgIpc) is 2.48. The van der Waals surface area contributed by atoms with Gasteiger partial charge in [0.1, 0.15) is 5.75 Å². The molecular formula is C16H24N2O2. The second-order valence-corrected chi connectivity index (χ2v) is 5.37. The molecule has 1 aromatic carbocycles. The van der Waals surface area contributed by atoms with Gasteiger partial charge in [-0.05, 0) is 31.0 Å². The highest BCUT2D eigenvalue weighted by molar-refractivity contribution is 5.84. The number of nitrogens with zero attached hydrogens (tertiary/aromatic N) is 1. The molecule has 0 radical (unpaired) electrons. The average molecular weight is 276 g/mol. The SMILES string of the molecule is CCC(C(=O)N1CCN[C@H](C)C1)c1ccc(OC)cc1. The number of rotatable bonds is 4. The van der Waals surface area contributed by atoms with Crippen molar-refractivity contribution in [1.82, 2.24) is 10.2 Å². The van der Waals surface area contributed by atoms with E-state index in [1.165, 1.54) is 0 Å². The summed E-state index contributed by atoms with van der Waals surface area (Å²) < 4.78 is 5.17. The van der Waals surface area contributed by atoms with Crippen LogP contribution in [0.4, 0.5) is 0 Å². The van der Waals surface area contributed by atoms with Gasteiger partial charge in [-0.25, -0.2) is 0 Å². The molecule has 1 aromatic rings. The van der Waals surface area contributed by atoms with Crippen molar-refractivity contribution in [3.63, 3.8) is 0 Å². The normalized spacial score (nSPS) is 20.6. The van der Waals surface area contributed by atoms with Crippen LogP contribution in [0, 0.1) is 0 Å². The van der Waals surface area contributed by atoms with Crippen molar-refractivity contribution in [2.24, 2.45) is 0 Å². The van der Waals surface area contributed by atoms with Crippen LogP contribution in [0.2, 0.25) is 0 Å². The number of ether oxygens (including phenoxy) is 1. The fourth-order valence-electron chi connectivity index (χ4n) is 2.74. The number of carbonyl (C=O) groups excluding carboxylic acids is 1. The van der Waals surface area contributed by atoms with E-state index in [1.54, 1.807) is 7.11 Å². The number of amides is 1. The first-order valence-corrected chi connectivity index (χ1v) is 7.31. The molecule has 2 rings (SSSR count). The maximum absolute atomic E-state index is 12.7. The van der Waals surface area contributed by atoms with Crippen molar-refractivity contribution in [3.8, 4) is 5.75 Å². The molecule has 110 valence electrons. The number of hydrogen-bond donors (Lipinski definition) is 1. The fraction of sp³-hybridized carbons (Fsp3) is 0.562. The van der Waals surface area contributed by atoms with E-state index in [0.29, 0.717) is 6.04 Å². The van der Waals surface area contributed by atoms with Crippen LogP contribution in [0.15, 0.2) is 24.3 Å². The molecule has 1 unspecified atom stereocenters. The molecule has 1 saturated heterocycles. The largest absolute Gasteiger partial charge is 0.497 e. The van der Waals surface area contributed by atoms with Crippen LogP contribution in [-0.2, 0) is 4.79 Å². The van der Waals surface area contributed by atoms with E-state index < -0.39 is 0 Å². The Hall–Kier alpha value is -1.55. The topological polar surface area (TPSA) is 41.6 Å². The Morgan fingerprint density at radius 1 is 1.45 bits per heavy atom. The predicted octanol–water partition coefficient (Wildman–Crippen LogP) is 2.01. The highest BCUT2D eigenvalue weighted by Gasteiger charge is 2.27. The van der Waals surface area contributed by atoms with Gasteiger partial charge in [-0.2, -0.15) is 0 Å². The smallest absolute Gasteiger partial charge is 0.230 e. The second-order valence-electron chi connectivity index (χ2n) is 5.37. The van der Waals surface area contributed by atoms with Crippen LogP contribution < -0.4 is 10.1 Å². The molecule has 0 saturated carbocycles. The summed E-state index contributed by atoms with van der Waals surface area (Å²) in [4.78, 5) is 14.7. The lowest BCUT2D eigenvalue weighted by molar-refractivity contribution is -0.134. The fourth-order valence-corrected chi connectivity index (χ4v) is 2.74. The summed E-state index contributed by atoms with van der Waals surface area (Å²) >= 11 is 0. The van der Waals surface area contributed by atoms with Gasteiger partial charge in [-0.3, -0.25) is 4.79 Å². The Labute approximate surface area is 121 Å². The zero-order valence-corrected chi connectivity index (χ0v) is 12.6. The molecule has 20 heavy (non-hydrogen) atoms. The molecule has 1 fully saturated rings. The third-order valence-electron chi connectivity index (χ3n) is 3.90. The van der Waals surface area contributed by atoms with Gasteiger partial charge in [0.15, 0.2) is 0 Å².